The number of carbonyl (C=O) groups is 2. The maximum atomic E-state index is 14.9. The minimum absolute atomic E-state index is 0.185. The van der Waals surface area contributed by atoms with Gasteiger partial charge >= 0.3 is 11.9 Å². The van der Waals surface area contributed by atoms with Crippen LogP contribution in [0.1, 0.15) is 65.4 Å². The topological polar surface area (TPSA) is 86.3 Å². The molecular formula is C39H43Cl2FN2O6. The number of hydrogen-bond donors (Lipinski definition) is 1. The van der Waals surface area contributed by atoms with E-state index < -0.39 is 29.9 Å². The van der Waals surface area contributed by atoms with Crippen LogP contribution in [0.2, 0.25) is 0 Å². The first-order valence-corrected chi connectivity index (χ1v) is 17.5. The molecular weight excluding hydrogens is 682 g/mol. The first kappa shape index (κ1) is 37.4. The van der Waals surface area contributed by atoms with Crippen molar-refractivity contribution in [2.45, 2.75) is 50.9 Å². The zero-order chi connectivity index (χ0) is 35.8. The van der Waals surface area contributed by atoms with E-state index in [1.54, 1.807) is 62.6 Å². The molecule has 11 heteroatoms. The van der Waals surface area contributed by atoms with E-state index in [4.69, 9.17) is 42.1 Å². The second-order valence-corrected chi connectivity index (χ2v) is 13.6. The summed E-state index contributed by atoms with van der Waals surface area (Å²) in [5.74, 6) is -0.140. The minimum Gasteiger partial charge on any atom is -0.493 e. The van der Waals surface area contributed by atoms with Crippen molar-refractivity contribution in [2.24, 2.45) is 5.92 Å². The maximum Gasteiger partial charge on any atom is 0.338 e. The van der Waals surface area contributed by atoms with Gasteiger partial charge in [-0.1, -0.05) is 66.2 Å². The summed E-state index contributed by atoms with van der Waals surface area (Å²) in [4.78, 5) is 29.2. The number of benzene rings is 3. The Bertz CT molecular complexity index is 1700. The summed E-state index contributed by atoms with van der Waals surface area (Å²) in [6, 6.07) is 17.6. The van der Waals surface area contributed by atoms with Crippen molar-refractivity contribution in [1.82, 2.24) is 10.2 Å². The smallest absolute Gasteiger partial charge is 0.338 e. The summed E-state index contributed by atoms with van der Waals surface area (Å²) in [7, 11) is 3.07. The molecule has 3 aliphatic heterocycles. The number of fused-ring (bicyclic) bond motifs is 3. The molecule has 3 aliphatic rings. The molecule has 8 nitrogen and oxygen atoms in total. The van der Waals surface area contributed by atoms with Crippen molar-refractivity contribution >= 4 is 35.1 Å². The van der Waals surface area contributed by atoms with Gasteiger partial charge in [0, 0.05) is 35.1 Å². The molecule has 0 amide bonds. The number of nitrogens with one attached hydrogen (secondary N) is 1. The van der Waals surface area contributed by atoms with Crippen LogP contribution in [0.5, 0.6) is 11.5 Å². The summed E-state index contributed by atoms with van der Waals surface area (Å²) in [6.45, 7) is 8.66. The number of carbonyl (C=O) groups excluding carboxylic acids is 2. The molecule has 0 radical (unpaired) electrons. The van der Waals surface area contributed by atoms with Crippen molar-refractivity contribution < 1.29 is 32.9 Å². The zero-order valence-electron chi connectivity index (χ0n) is 28.6. The number of hydrogen-bond acceptors (Lipinski definition) is 8. The standard InChI is InChI=1S/C39H43Cl2FN2O6/c1-24(40)31(25(2)41)22-34(29-13-14-33(47-3)35(21-29)48-4)49-38(45)28-11-9-26(10-12-28)15-18-43-37(30-7-5-6-8-32(30)42)39(46)50-36-23-44-19-16-27(36)17-20-44/h5-14,21,27,34,36-37,43H,1,15-20,22-23H2,2-4H3/b31-25+/t34-,36-,37?/m0/s1. The molecule has 266 valence electrons. The largest absolute Gasteiger partial charge is 0.493 e. The molecule has 0 aliphatic carbocycles. The highest BCUT2D eigenvalue weighted by molar-refractivity contribution is 6.35. The quantitative estimate of drug-likeness (QED) is 0.125. The van der Waals surface area contributed by atoms with Crippen molar-refractivity contribution in [2.75, 3.05) is 40.4 Å². The van der Waals surface area contributed by atoms with E-state index in [0.717, 1.165) is 38.0 Å². The van der Waals surface area contributed by atoms with Crippen molar-refractivity contribution in [3.63, 3.8) is 0 Å². The number of esters is 2. The number of ether oxygens (including phenoxy) is 4. The van der Waals surface area contributed by atoms with Gasteiger partial charge in [-0.25, -0.2) is 14.0 Å². The second kappa shape index (κ2) is 17.4. The van der Waals surface area contributed by atoms with Crippen molar-refractivity contribution in [3.05, 3.63) is 117 Å². The molecule has 3 aromatic carbocycles. The van der Waals surface area contributed by atoms with E-state index in [-0.39, 0.29) is 23.1 Å². The van der Waals surface area contributed by atoms with E-state index in [1.165, 1.54) is 13.2 Å². The van der Waals surface area contributed by atoms with Crippen LogP contribution >= 0.6 is 23.2 Å². The lowest BCUT2D eigenvalue weighted by atomic mass is 9.86. The summed E-state index contributed by atoms with van der Waals surface area (Å²) >= 11 is 12.6. The van der Waals surface area contributed by atoms with E-state index in [9.17, 15) is 14.0 Å². The summed E-state index contributed by atoms with van der Waals surface area (Å²) < 4.78 is 37.7. The lowest BCUT2D eigenvalue weighted by Crippen LogP contribution is -2.52. The molecule has 0 spiro atoms. The lowest BCUT2D eigenvalue weighted by molar-refractivity contribution is -0.161. The molecule has 3 saturated heterocycles. The maximum absolute atomic E-state index is 14.9. The summed E-state index contributed by atoms with van der Waals surface area (Å²) in [6.07, 6.45) is 1.77. The molecule has 3 aromatic rings. The molecule has 0 saturated carbocycles. The highest BCUT2D eigenvalue weighted by Crippen LogP contribution is 2.37. The van der Waals surface area contributed by atoms with Crippen molar-refractivity contribution in [3.8, 4) is 11.5 Å². The van der Waals surface area contributed by atoms with E-state index in [0.29, 0.717) is 52.1 Å². The molecule has 3 fully saturated rings. The number of rotatable bonds is 15. The second-order valence-electron chi connectivity index (χ2n) is 12.6. The Balaban J connectivity index is 1.25. The van der Waals surface area contributed by atoms with Gasteiger partial charge in [-0.15, -0.1) is 0 Å². The third-order valence-corrected chi connectivity index (χ3v) is 9.89. The van der Waals surface area contributed by atoms with Crippen LogP contribution in [0, 0.1) is 11.7 Å². The van der Waals surface area contributed by atoms with E-state index in [2.05, 4.69) is 16.8 Å². The Morgan fingerprint density at radius 1 is 1.00 bits per heavy atom. The fourth-order valence-electron chi connectivity index (χ4n) is 6.56. The lowest BCUT2D eigenvalue weighted by Gasteiger charge is -2.44. The third-order valence-electron chi connectivity index (χ3n) is 9.43. The van der Waals surface area contributed by atoms with Crippen LogP contribution < -0.4 is 14.8 Å². The Morgan fingerprint density at radius 3 is 2.30 bits per heavy atom. The molecule has 1 N–H and O–H groups in total. The van der Waals surface area contributed by atoms with Gasteiger partial charge in [-0.05, 0) is 92.2 Å². The van der Waals surface area contributed by atoms with E-state index >= 15 is 0 Å². The van der Waals surface area contributed by atoms with Gasteiger partial charge in [0.05, 0.1) is 19.8 Å². The highest BCUT2D eigenvalue weighted by Gasteiger charge is 2.38. The highest BCUT2D eigenvalue weighted by atomic mass is 35.5. The average Bonchev–Trinajstić information content (AvgIpc) is 3.12. The van der Waals surface area contributed by atoms with Gasteiger partial charge in [0.25, 0.3) is 0 Å². The first-order valence-electron chi connectivity index (χ1n) is 16.7. The molecule has 3 atom stereocenters. The minimum atomic E-state index is -0.950. The summed E-state index contributed by atoms with van der Waals surface area (Å²) in [5.41, 5.74) is 2.72. The predicted molar refractivity (Wildman–Crippen MR) is 192 cm³/mol. The van der Waals surface area contributed by atoms with Crippen LogP contribution in [0.15, 0.2) is 88.9 Å². The number of piperidine rings is 3. The average molecular weight is 726 g/mol. The van der Waals surface area contributed by atoms with Crippen LogP contribution in [-0.4, -0.2) is 63.3 Å². The number of nitrogens with zero attached hydrogens (tertiary/aromatic N) is 1. The van der Waals surface area contributed by atoms with Gasteiger partial charge in [-0.3, -0.25) is 4.90 Å². The molecule has 50 heavy (non-hydrogen) atoms. The van der Waals surface area contributed by atoms with Crippen LogP contribution in [0.25, 0.3) is 0 Å². The van der Waals surface area contributed by atoms with Crippen LogP contribution in [0.4, 0.5) is 4.39 Å². The molecule has 0 aromatic heterocycles. The Hall–Kier alpha value is -3.89. The predicted octanol–water partition coefficient (Wildman–Crippen LogP) is 7.91. The molecule has 1 unspecified atom stereocenters. The SMILES string of the molecule is C=C(Cl)/C(C[C@H](OC(=O)c1ccc(CCNC(C(=O)O[C@H]2CN3CCC2CC3)c2ccccc2F)cc1)c1ccc(OC)c(OC)c1)=C(\C)Cl. The van der Waals surface area contributed by atoms with Crippen LogP contribution in [-0.2, 0) is 20.7 Å². The normalized spacial score (nSPS) is 19.9. The fraction of sp³-hybridized carbons (Fsp3) is 0.385. The number of allylic oxidation sites excluding steroid dienone is 2. The molecule has 6 rings (SSSR count). The monoisotopic (exact) mass is 724 g/mol. The van der Waals surface area contributed by atoms with Gasteiger partial charge in [-0.2, -0.15) is 0 Å². The van der Waals surface area contributed by atoms with Gasteiger partial charge < -0.3 is 24.3 Å². The van der Waals surface area contributed by atoms with Crippen molar-refractivity contribution in [1.29, 1.82) is 0 Å². The van der Waals surface area contributed by atoms with Crippen LogP contribution in [0.3, 0.4) is 0 Å². The third kappa shape index (κ3) is 9.26. The number of halogens is 3. The van der Waals surface area contributed by atoms with E-state index in [1.807, 2.05) is 12.1 Å². The number of methoxy groups -OCH3 is 2. The van der Waals surface area contributed by atoms with Gasteiger partial charge in [0.2, 0.25) is 0 Å². The zero-order valence-corrected chi connectivity index (χ0v) is 30.1. The van der Waals surface area contributed by atoms with Gasteiger partial charge in [0.1, 0.15) is 24.1 Å². The summed E-state index contributed by atoms with van der Waals surface area (Å²) in [5, 5.41) is 3.91. The molecule has 2 bridgehead atoms. The Morgan fingerprint density at radius 2 is 1.70 bits per heavy atom. The fourth-order valence-corrected chi connectivity index (χ4v) is 7.02. The Kier molecular flexibility index (Phi) is 13.0. The van der Waals surface area contributed by atoms with Gasteiger partial charge in [0.15, 0.2) is 11.5 Å². The molecule has 3 heterocycles. The first-order chi connectivity index (χ1) is 24.1. The Labute approximate surface area is 303 Å².